The van der Waals surface area contributed by atoms with Crippen molar-refractivity contribution < 1.29 is 27.2 Å². The second-order valence-corrected chi connectivity index (χ2v) is 10.2. The molecule has 1 aliphatic heterocycles. The second-order valence-electron chi connectivity index (χ2n) is 8.33. The quantitative estimate of drug-likeness (QED) is 0.368. The van der Waals surface area contributed by atoms with Gasteiger partial charge in [-0.3, -0.25) is 9.59 Å². The SMILES string of the molecule is CC(=O)c1ccc(S(=O)(=O)N2CCCCC2C(=O)OCc2coc(-c3ccc(C)cc3)n2)cc1. The van der Waals surface area contributed by atoms with Crippen molar-refractivity contribution >= 4 is 21.8 Å². The maximum Gasteiger partial charge on any atom is 0.324 e. The number of oxazole rings is 1. The minimum atomic E-state index is -3.93. The summed E-state index contributed by atoms with van der Waals surface area (Å²) in [6.07, 6.45) is 3.17. The van der Waals surface area contributed by atoms with E-state index in [4.69, 9.17) is 9.15 Å². The number of benzene rings is 2. The summed E-state index contributed by atoms with van der Waals surface area (Å²) in [6.45, 7) is 3.50. The Morgan fingerprint density at radius 2 is 1.79 bits per heavy atom. The van der Waals surface area contributed by atoms with Gasteiger partial charge in [0.25, 0.3) is 0 Å². The van der Waals surface area contributed by atoms with E-state index in [0.29, 0.717) is 30.0 Å². The number of ketones is 1. The fourth-order valence-corrected chi connectivity index (χ4v) is 5.52. The number of nitrogens with zero attached hydrogens (tertiary/aromatic N) is 2. The Morgan fingerprint density at radius 3 is 2.47 bits per heavy atom. The molecule has 0 saturated carbocycles. The van der Waals surface area contributed by atoms with E-state index in [2.05, 4.69) is 4.98 Å². The highest BCUT2D eigenvalue weighted by atomic mass is 32.2. The van der Waals surface area contributed by atoms with Gasteiger partial charge in [-0.25, -0.2) is 13.4 Å². The lowest BCUT2D eigenvalue weighted by Gasteiger charge is -2.33. The van der Waals surface area contributed by atoms with Crippen LogP contribution in [-0.2, 0) is 26.2 Å². The number of esters is 1. The molecule has 3 aromatic rings. The molecule has 9 heteroatoms. The van der Waals surface area contributed by atoms with Crippen LogP contribution in [0.15, 0.2) is 64.1 Å². The van der Waals surface area contributed by atoms with Crippen molar-refractivity contribution in [3.8, 4) is 11.5 Å². The summed E-state index contributed by atoms with van der Waals surface area (Å²) in [7, 11) is -3.93. The van der Waals surface area contributed by atoms with Crippen LogP contribution in [-0.4, -0.2) is 42.0 Å². The third-order valence-electron chi connectivity index (χ3n) is 5.81. The topological polar surface area (TPSA) is 107 Å². The number of aromatic nitrogens is 1. The predicted molar refractivity (Wildman–Crippen MR) is 124 cm³/mol. The molecule has 8 nitrogen and oxygen atoms in total. The highest BCUT2D eigenvalue weighted by Crippen LogP contribution is 2.27. The maximum atomic E-state index is 13.2. The Labute approximate surface area is 198 Å². The van der Waals surface area contributed by atoms with Gasteiger partial charge in [-0.1, -0.05) is 29.8 Å². The van der Waals surface area contributed by atoms with E-state index >= 15 is 0 Å². The zero-order valence-electron chi connectivity index (χ0n) is 19.1. The molecular weight excluding hydrogens is 456 g/mol. The average Bonchev–Trinajstić information content (AvgIpc) is 3.32. The molecule has 0 N–H and O–H groups in total. The predicted octanol–water partition coefficient (Wildman–Crippen LogP) is 4.14. The number of aryl methyl sites for hydroxylation is 1. The second kappa shape index (κ2) is 9.90. The van der Waals surface area contributed by atoms with Crippen molar-refractivity contribution in [3.05, 3.63) is 71.6 Å². The van der Waals surface area contributed by atoms with E-state index < -0.39 is 22.0 Å². The third kappa shape index (κ3) is 5.10. The van der Waals surface area contributed by atoms with Crippen LogP contribution in [0.2, 0.25) is 0 Å². The van der Waals surface area contributed by atoms with Crippen molar-refractivity contribution in [2.75, 3.05) is 6.54 Å². The van der Waals surface area contributed by atoms with Gasteiger partial charge in [-0.15, -0.1) is 0 Å². The third-order valence-corrected chi connectivity index (χ3v) is 7.73. The normalized spacial score (nSPS) is 16.8. The molecule has 4 rings (SSSR count). The summed E-state index contributed by atoms with van der Waals surface area (Å²) in [5.41, 5.74) is 2.79. The zero-order valence-corrected chi connectivity index (χ0v) is 19.9. The van der Waals surface area contributed by atoms with E-state index in [1.54, 1.807) is 0 Å². The molecule has 2 heterocycles. The molecule has 1 saturated heterocycles. The summed E-state index contributed by atoms with van der Waals surface area (Å²) in [5, 5.41) is 0. The first-order valence-electron chi connectivity index (χ1n) is 11.1. The molecule has 1 atom stereocenters. The van der Waals surface area contributed by atoms with Gasteiger partial charge in [0.2, 0.25) is 15.9 Å². The summed E-state index contributed by atoms with van der Waals surface area (Å²) in [4.78, 5) is 28.8. The molecule has 0 amide bonds. The Bertz CT molecular complexity index is 1280. The van der Waals surface area contributed by atoms with Crippen LogP contribution in [0, 0.1) is 6.92 Å². The fraction of sp³-hybridized carbons (Fsp3) is 0.320. The Kier molecular flexibility index (Phi) is 6.95. The maximum absolute atomic E-state index is 13.2. The summed E-state index contributed by atoms with van der Waals surface area (Å²) in [6, 6.07) is 12.5. The van der Waals surface area contributed by atoms with Gasteiger partial charge in [0, 0.05) is 17.7 Å². The van der Waals surface area contributed by atoms with Crippen LogP contribution in [0.1, 0.15) is 47.8 Å². The number of hydrogen-bond donors (Lipinski definition) is 0. The zero-order chi connectivity index (χ0) is 24.3. The molecule has 0 radical (unpaired) electrons. The molecule has 1 fully saturated rings. The number of hydrogen-bond acceptors (Lipinski definition) is 7. The molecule has 34 heavy (non-hydrogen) atoms. The number of Topliss-reactive ketones (excluding diaryl/α,β-unsaturated/α-hetero) is 1. The van der Waals surface area contributed by atoms with E-state index in [0.717, 1.165) is 17.5 Å². The van der Waals surface area contributed by atoms with E-state index in [1.165, 1.54) is 41.8 Å². The van der Waals surface area contributed by atoms with E-state index in [9.17, 15) is 18.0 Å². The minimum absolute atomic E-state index is 0.0384. The molecule has 1 unspecified atom stereocenters. The standard InChI is InChI=1S/C25H26N2O6S/c1-17-6-8-20(9-7-17)24-26-21(15-32-24)16-33-25(29)23-5-3-4-14-27(23)34(30,31)22-12-10-19(11-13-22)18(2)28/h6-13,15,23H,3-5,14,16H2,1-2H3. The van der Waals surface area contributed by atoms with Gasteiger partial charge in [-0.2, -0.15) is 4.31 Å². The molecule has 1 aromatic heterocycles. The van der Waals surface area contributed by atoms with Gasteiger partial charge < -0.3 is 9.15 Å². The lowest BCUT2D eigenvalue weighted by Crippen LogP contribution is -2.48. The molecule has 2 aromatic carbocycles. The van der Waals surface area contributed by atoms with Crippen molar-refractivity contribution in [1.29, 1.82) is 0 Å². The van der Waals surface area contributed by atoms with Crippen molar-refractivity contribution in [2.24, 2.45) is 0 Å². The molecule has 0 bridgehead atoms. The molecule has 0 aliphatic carbocycles. The van der Waals surface area contributed by atoms with Crippen LogP contribution >= 0.6 is 0 Å². The summed E-state index contributed by atoms with van der Waals surface area (Å²) >= 11 is 0. The number of piperidine rings is 1. The molecule has 1 aliphatic rings. The van der Waals surface area contributed by atoms with Crippen molar-refractivity contribution in [1.82, 2.24) is 9.29 Å². The monoisotopic (exact) mass is 482 g/mol. The van der Waals surface area contributed by atoms with Gasteiger partial charge in [0.1, 0.15) is 24.6 Å². The van der Waals surface area contributed by atoms with Gasteiger partial charge in [0.05, 0.1) is 4.90 Å². The van der Waals surface area contributed by atoms with E-state index in [-0.39, 0.29) is 23.8 Å². The number of carbonyl (C=O) groups is 2. The first-order chi connectivity index (χ1) is 16.3. The van der Waals surface area contributed by atoms with Crippen LogP contribution in [0.4, 0.5) is 0 Å². The number of rotatable bonds is 7. The number of ether oxygens (including phenoxy) is 1. The first kappa shape index (κ1) is 23.8. The Morgan fingerprint density at radius 1 is 1.09 bits per heavy atom. The van der Waals surface area contributed by atoms with Crippen LogP contribution < -0.4 is 0 Å². The molecule has 0 spiro atoms. The highest BCUT2D eigenvalue weighted by molar-refractivity contribution is 7.89. The lowest BCUT2D eigenvalue weighted by atomic mass is 10.1. The Balaban J connectivity index is 1.45. The van der Waals surface area contributed by atoms with E-state index in [1.807, 2.05) is 31.2 Å². The van der Waals surface area contributed by atoms with Crippen LogP contribution in [0.25, 0.3) is 11.5 Å². The van der Waals surface area contributed by atoms with Gasteiger partial charge in [-0.05, 0) is 57.4 Å². The Hall–Kier alpha value is -3.30. The van der Waals surface area contributed by atoms with Crippen LogP contribution in [0.5, 0.6) is 0 Å². The van der Waals surface area contributed by atoms with Crippen LogP contribution in [0.3, 0.4) is 0 Å². The minimum Gasteiger partial charge on any atom is -0.458 e. The van der Waals surface area contributed by atoms with Crippen molar-refractivity contribution in [3.63, 3.8) is 0 Å². The molecule has 178 valence electrons. The highest BCUT2D eigenvalue weighted by Gasteiger charge is 2.38. The number of carbonyl (C=O) groups excluding carboxylic acids is 2. The summed E-state index contributed by atoms with van der Waals surface area (Å²) < 4.78 is 38.6. The molecular formula is C25H26N2O6S. The fourth-order valence-electron chi connectivity index (χ4n) is 3.87. The smallest absolute Gasteiger partial charge is 0.324 e. The number of sulfonamides is 1. The largest absolute Gasteiger partial charge is 0.458 e. The summed E-state index contributed by atoms with van der Waals surface area (Å²) in [5.74, 6) is -0.354. The van der Waals surface area contributed by atoms with Gasteiger partial charge >= 0.3 is 5.97 Å². The van der Waals surface area contributed by atoms with Crippen molar-refractivity contribution in [2.45, 2.75) is 50.7 Å². The van der Waals surface area contributed by atoms with Gasteiger partial charge in [0.15, 0.2) is 5.78 Å². The first-order valence-corrected chi connectivity index (χ1v) is 12.5. The average molecular weight is 483 g/mol. The lowest BCUT2D eigenvalue weighted by molar-refractivity contribution is -0.150.